The van der Waals surface area contributed by atoms with Crippen molar-refractivity contribution in [2.24, 2.45) is 11.8 Å². The van der Waals surface area contributed by atoms with Gasteiger partial charge < -0.3 is 10.2 Å². The largest absolute Gasteiger partial charge is 0.336 e. The molecule has 6 heteroatoms. The van der Waals surface area contributed by atoms with Crippen molar-refractivity contribution in [2.75, 3.05) is 18.9 Å². The average Bonchev–Trinajstić information content (AvgIpc) is 3.08. The zero-order valence-electron chi connectivity index (χ0n) is 10.9. The predicted octanol–water partition coefficient (Wildman–Crippen LogP) is 1.90. The minimum Gasteiger partial charge on any atom is -0.336 e. The molecule has 0 spiro atoms. The summed E-state index contributed by atoms with van der Waals surface area (Å²) < 4.78 is 0.848. The molecule has 1 fully saturated rings. The molecule has 0 radical (unpaired) electrons. The molecule has 0 bridgehead atoms. The Balaban J connectivity index is 1.83. The number of halogens is 1. The Hall–Kier alpha value is -1.43. The molecule has 2 amide bonds. The molecule has 1 heterocycles. The normalized spacial score (nSPS) is 20.8. The van der Waals surface area contributed by atoms with Crippen molar-refractivity contribution in [3.63, 3.8) is 0 Å². The summed E-state index contributed by atoms with van der Waals surface area (Å²) in [5, 5.41) is 2.66. The molecule has 1 aromatic rings. The first-order valence-electron chi connectivity index (χ1n) is 6.13. The minimum atomic E-state index is -0.237. The maximum atomic E-state index is 11.9. The van der Waals surface area contributed by atoms with Gasteiger partial charge in [-0.1, -0.05) is 6.92 Å². The molecule has 1 aliphatic carbocycles. The average molecular weight is 326 g/mol. The lowest BCUT2D eigenvalue weighted by molar-refractivity contribution is -0.134. The van der Waals surface area contributed by atoms with Gasteiger partial charge in [0.25, 0.3) is 0 Å². The smallest absolute Gasteiger partial charge is 0.245 e. The summed E-state index contributed by atoms with van der Waals surface area (Å²) in [5.41, 5.74) is 0. The second kappa shape index (κ2) is 5.69. The molecule has 0 aromatic carbocycles. The van der Waals surface area contributed by atoms with Gasteiger partial charge in [-0.3, -0.25) is 9.59 Å². The molecule has 0 saturated heterocycles. The highest BCUT2D eigenvalue weighted by molar-refractivity contribution is 9.10. The van der Waals surface area contributed by atoms with Crippen molar-refractivity contribution in [2.45, 2.75) is 13.3 Å². The fraction of sp³-hybridized carbons (Fsp3) is 0.462. The quantitative estimate of drug-likeness (QED) is 0.919. The molecule has 5 nitrogen and oxygen atoms in total. The maximum Gasteiger partial charge on any atom is 0.245 e. The number of carbonyl (C=O) groups excluding carboxylic acids is 2. The van der Waals surface area contributed by atoms with Gasteiger partial charge in [0.05, 0.1) is 6.54 Å². The van der Waals surface area contributed by atoms with Crippen LogP contribution in [0, 0.1) is 11.8 Å². The number of nitrogens with one attached hydrogen (secondary N) is 1. The van der Waals surface area contributed by atoms with Gasteiger partial charge in [-0.05, 0) is 40.4 Å². The highest BCUT2D eigenvalue weighted by Crippen LogP contribution is 2.38. The minimum absolute atomic E-state index is 0.0476. The fourth-order valence-corrected chi connectivity index (χ4v) is 2.11. The van der Waals surface area contributed by atoms with E-state index in [2.05, 4.69) is 26.2 Å². The molecule has 1 aliphatic rings. The SMILES string of the molecule is C[C@@H]1C[C@H]1C(=O)N(C)CC(=O)Nc1ccc(Br)cn1. The summed E-state index contributed by atoms with van der Waals surface area (Å²) in [5.74, 6) is 0.842. The molecule has 1 saturated carbocycles. The van der Waals surface area contributed by atoms with Crippen molar-refractivity contribution in [3.8, 4) is 0 Å². The van der Waals surface area contributed by atoms with E-state index in [4.69, 9.17) is 0 Å². The molecular formula is C13H16BrN3O2. The van der Waals surface area contributed by atoms with Gasteiger partial charge in [-0.15, -0.1) is 0 Å². The topological polar surface area (TPSA) is 62.3 Å². The number of amides is 2. The zero-order chi connectivity index (χ0) is 14.0. The van der Waals surface area contributed by atoms with Crippen LogP contribution in [0.3, 0.4) is 0 Å². The predicted molar refractivity (Wildman–Crippen MR) is 75.5 cm³/mol. The molecule has 2 rings (SSSR count). The number of hydrogen-bond donors (Lipinski definition) is 1. The zero-order valence-corrected chi connectivity index (χ0v) is 12.5. The van der Waals surface area contributed by atoms with Gasteiger partial charge in [-0.25, -0.2) is 4.98 Å². The Morgan fingerprint density at radius 2 is 2.21 bits per heavy atom. The molecule has 0 unspecified atom stereocenters. The first kappa shape index (κ1) is 14.0. The van der Waals surface area contributed by atoms with Gasteiger partial charge in [0, 0.05) is 23.6 Å². The van der Waals surface area contributed by atoms with Crippen molar-refractivity contribution >= 4 is 33.6 Å². The molecule has 102 valence electrons. The van der Waals surface area contributed by atoms with E-state index in [1.165, 1.54) is 4.90 Å². The fourth-order valence-electron chi connectivity index (χ4n) is 1.87. The molecule has 0 aliphatic heterocycles. The Morgan fingerprint density at radius 3 is 2.74 bits per heavy atom. The number of pyridine rings is 1. The van der Waals surface area contributed by atoms with Crippen molar-refractivity contribution < 1.29 is 9.59 Å². The number of aromatic nitrogens is 1. The van der Waals surface area contributed by atoms with E-state index in [-0.39, 0.29) is 24.3 Å². The third-order valence-corrected chi connectivity index (χ3v) is 3.65. The number of likely N-dealkylation sites (N-methyl/N-ethyl adjacent to an activating group) is 1. The Labute approximate surface area is 120 Å². The van der Waals surface area contributed by atoms with Crippen LogP contribution in [0.4, 0.5) is 5.82 Å². The van der Waals surface area contributed by atoms with Crippen LogP contribution in [0.5, 0.6) is 0 Å². The number of anilines is 1. The van der Waals surface area contributed by atoms with E-state index in [1.54, 1.807) is 25.4 Å². The second-order valence-electron chi connectivity index (χ2n) is 4.92. The first-order chi connectivity index (χ1) is 8.97. The van der Waals surface area contributed by atoms with Crippen LogP contribution in [0.25, 0.3) is 0 Å². The van der Waals surface area contributed by atoms with Crippen LogP contribution < -0.4 is 5.32 Å². The van der Waals surface area contributed by atoms with E-state index >= 15 is 0 Å². The van der Waals surface area contributed by atoms with Crippen molar-refractivity contribution in [1.29, 1.82) is 0 Å². The summed E-state index contributed by atoms with van der Waals surface area (Å²) in [4.78, 5) is 29.2. The van der Waals surface area contributed by atoms with Gasteiger partial charge in [0.2, 0.25) is 11.8 Å². The van der Waals surface area contributed by atoms with Gasteiger partial charge in [0.1, 0.15) is 5.82 Å². The summed E-state index contributed by atoms with van der Waals surface area (Å²) in [6.07, 6.45) is 2.54. The van der Waals surface area contributed by atoms with E-state index in [1.807, 2.05) is 6.92 Å². The maximum absolute atomic E-state index is 11.9. The van der Waals surface area contributed by atoms with Gasteiger partial charge in [-0.2, -0.15) is 0 Å². The van der Waals surface area contributed by atoms with Crippen LogP contribution in [0.15, 0.2) is 22.8 Å². The molecule has 19 heavy (non-hydrogen) atoms. The lowest BCUT2D eigenvalue weighted by Crippen LogP contribution is -2.36. The molecule has 1 N–H and O–H groups in total. The number of carbonyl (C=O) groups is 2. The highest BCUT2D eigenvalue weighted by Gasteiger charge is 2.40. The van der Waals surface area contributed by atoms with Gasteiger partial charge >= 0.3 is 0 Å². The monoisotopic (exact) mass is 325 g/mol. The Morgan fingerprint density at radius 1 is 1.53 bits per heavy atom. The van der Waals surface area contributed by atoms with Crippen LogP contribution in [-0.2, 0) is 9.59 Å². The Bertz CT molecular complexity index is 489. The summed E-state index contributed by atoms with van der Waals surface area (Å²) in [6.45, 7) is 2.10. The second-order valence-corrected chi connectivity index (χ2v) is 5.84. The standard InChI is InChI=1S/C13H16BrN3O2/c1-8-5-10(8)13(19)17(2)7-12(18)16-11-4-3-9(14)6-15-11/h3-4,6,8,10H,5,7H2,1-2H3,(H,15,16,18)/t8-,10-/m1/s1. The third-order valence-electron chi connectivity index (χ3n) is 3.18. The number of nitrogens with zero attached hydrogens (tertiary/aromatic N) is 2. The van der Waals surface area contributed by atoms with Crippen molar-refractivity contribution in [1.82, 2.24) is 9.88 Å². The Kier molecular flexibility index (Phi) is 4.19. The van der Waals surface area contributed by atoms with E-state index in [0.29, 0.717) is 11.7 Å². The van der Waals surface area contributed by atoms with E-state index in [9.17, 15) is 9.59 Å². The van der Waals surface area contributed by atoms with E-state index < -0.39 is 0 Å². The molecule has 2 atom stereocenters. The summed E-state index contributed by atoms with van der Waals surface area (Å²) >= 11 is 3.27. The van der Waals surface area contributed by atoms with Crippen LogP contribution in [0.2, 0.25) is 0 Å². The highest BCUT2D eigenvalue weighted by atomic mass is 79.9. The van der Waals surface area contributed by atoms with E-state index in [0.717, 1.165) is 10.9 Å². The molecular weight excluding hydrogens is 310 g/mol. The lowest BCUT2D eigenvalue weighted by Gasteiger charge is -2.16. The van der Waals surface area contributed by atoms with Crippen molar-refractivity contribution in [3.05, 3.63) is 22.8 Å². The van der Waals surface area contributed by atoms with Crippen LogP contribution in [-0.4, -0.2) is 35.3 Å². The summed E-state index contributed by atoms with van der Waals surface area (Å²) in [6, 6.07) is 3.50. The third kappa shape index (κ3) is 3.76. The number of hydrogen-bond acceptors (Lipinski definition) is 3. The number of rotatable bonds is 4. The van der Waals surface area contributed by atoms with Crippen LogP contribution in [0.1, 0.15) is 13.3 Å². The summed E-state index contributed by atoms with van der Waals surface area (Å²) in [7, 11) is 1.65. The van der Waals surface area contributed by atoms with Gasteiger partial charge in [0.15, 0.2) is 0 Å². The lowest BCUT2D eigenvalue weighted by atomic mass is 10.3. The first-order valence-corrected chi connectivity index (χ1v) is 6.93. The van der Waals surface area contributed by atoms with Crippen LogP contribution >= 0.6 is 15.9 Å². The molecule has 1 aromatic heterocycles.